The third-order valence-electron chi connectivity index (χ3n) is 5.18. The van der Waals surface area contributed by atoms with Crippen LogP contribution in [0.4, 0.5) is 5.69 Å². The first-order chi connectivity index (χ1) is 15.8. The van der Waals surface area contributed by atoms with E-state index in [4.69, 9.17) is 22.0 Å². The van der Waals surface area contributed by atoms with Crippen LogP contribution in [0.5, 0.6) is 0 Å². The van der Waals surface area contributed by atoms with E-state index in [9.17, 15) is 14.7 Å². The third-order valence-corrected chi connectivity index (χ3v) is 5.18. The van der Waals surface area contributed by atoms with Crippen molar-refractivity contribution in [1.82, 2.24) is 0 Å². The van der Waals surface area contributed by atoms with Gasteiger partial charge in [-0.2, -0.15) is 0 Å². The Labute approximate surface area is 191 Å². The summed E-state index contributed by atoms with van der Waals surface area (Å²) in [6.45, 7) is -0.0358. The van der Waals surface area contributed by atoms with E-state index in [1.54, 1.807) is 30.3 Å². The molecule has 2 unspecified atom stereocenters. The Balaban J connectivity index is 1.90. The summed E-state index contributed by atoms with van der Waals surface area (Å²) in [6, 6.07) is 20.8. The van der Waals surface area contributed by atoms with Gasteiger partial charge < -0.3 is 22.3 Å². The molecule has 3 aromatic rings. The van der Waals surface area contributed by atoms with Crippen molar-refractivity contribution >= 4 is 34.2 Å². The fraction of sp³-hybridized carbons (Fsp3) is 0.208. The Hall–Kier alpha value is -3.95. The van der Waals surface area contributed by atoms with Crippen LogP contribution in [0.1, 0.15) is 16.8 Å². The number of nitrogens with two attached hydrogens (primary N) is 3. The molecule has 0 radical (unpaired) electrons. The number of guanidine groups is 1. The highest BCUT2D eigenvalue weighted by atomic mass is 16.7. The normalized spacial score (nSPS) is 13.6. The predicted molar refractivity (Wildman–Crippen MR) is 128 cm³/mol. The van der Waals surface area contributed by atoms with Crippen LogP contribution in [0.3, 0.4) is 0 Å². The fourth-order valence-corrected chi connectivity index (χ4v) is 3.46. The first kappa shape index (κ1) is 23.7. The summed E-state index contributed by atoms with van der Waals surface area (Å²) in [5, 5.41) is 11.3. The van der Waals surface area contributed by atoms with E-state index >= 15 is 0 Å². The SMILES string of the molecule is NC(N)=NCC(C[C@H](N)C(=O)O)C(ONc1ccc2ccccc2c1)C(=O)c1ccccc1. The summed E-state index contributed by atoms with van der Waals surface area (Å²) in [4.78, 5) is 34.6. The van der Waals surface area contributed by atoms with Crippen molar-refractivity contribution in [3.05, 3.63) is 78.4 Å². The highest BCUT2D eigenvalue weighted by Crippen LogP contribution is 2.23. The van der Waals surface area contributed by atoms with Gasteiger partial charge in [-0.1, -0.05) is 60.7 Å². The summed E-state index contributed by atoms with van der Waals surface area (Å²) in [6.07, 6.45) is -1.18. The fourth-order valence-electron chi connectivity index (χ4n) is 3.46. The molecule has 0 spiro atoms. The molecule has 0 fully saturated rings. The molecule has 0 saturated carbocycles. The van der Waals surface area contributed by atoms with Crippen LogP contribution in [0, 0.1) is 5.92 Å². The van der Waals surface area contributed by atoms with E-state index in [0.717, 1.165) is 10.8 Å². The van der Waals surface area contributed by atoms with Crippen molar-refractivity contribution in [3.63, 3.8) is 0 Å². The summed E-state index contributed by atoms with van der Waals surface area (Å²) >= 11 is 0. The Morgan fingerprint density at radius 3 is 2.30 bits per heavy atom. The van der Waals surface area contributed by atoms with Crippen LogP contribution in [0.25, 0.3) is 10.8 Å². The van der Waals surface area contributed by atoms with Crippen molar-refractivity contribution in [1.29, 1.82) is 0 Å². The van der Waals surface area contributed by atoms with Crippen LogP contribution >= 0.6 is 0 Å². The maximum atomic E-state index is 13.4. The van der Waals surface area contributed by atoms with Crippen molar-refractivity contribution < 1.29 is 19.5 Å². The van der Waals surface area contributed by atoms with Crippen LogP contribution < -0.4 is 22.7 Å². The monoisotopic (exact) mass is 449 g/mol. The second-order valence-electron chi connectivity index (χ2n) is 7.64. The first-order valence-corrected chi connectivity index (χ1v) is 10.4. The molecule has 9 nitrogen and oxygen atoms in total. The molecular formula is C24H27N5O4. The standard InChI is InChI=1S/C24H27N5O4/c25-20(23(31)32)13-18(14-28-24(26)27)22(21(30)16-7-2-1-3-8-16)33-29-19-11-10-15-6-4-5-9-17(15)12-19/h1-12,18,20,22,29H,13-14,25H2,(H,31,32)(H4,26,27,28)/t18?,20-,22?/m0/s1. The number of fused-ring (bicyclic) bond motifs is 1. The van der Waals surface area contributed by atoms with Crippen molar-refractivity contribution in [2.75, 3.05) is 12.0 Å². The summed E-state index contributed by atoms with van der Waals surface area (Å²) in [7, 11) is 0. The number of hydrogen-bond acceptors (Lipinski definition) is 6. The van der Waals surface area contributed by atoms with Crippen LogP contribution in [-0.4, -0.2) is 41.5 Å². The highest BCUT2D eigenvalue weighted by molar-refractivity contribution is 5.99. The molecule has 33 heavy (non-hydrogen) atoms. The number of Topliss-reactive ketones (excluding diaryl/α,β-unsaturated/α-hetero) is 1. The van der Waals surface area contributed by atoms with Gasteiger partial charge in [-0.3, -0.25) is 24.9 Å². The van der Waals surface area contributed by atoms with E-state index in [2.05, 4.69) is 10.5 Å². The molecule has 0 bridgehead atoms. The lowest BCUT2D eigenvalue weighted by Gasteiger charge is -2.26. The molecule has 0 saturated heterocycles. The molecule has 0 aliphatic carbocycles. The predicted octanol–water partition coefficient (Wildman–Crippen LogP) is 2.13. The number of carbonyl (C=O) groups excluding carboxylic acids is 1. The molecule has 0 aliphatic rings. The molecule has 8 N–H and O–H groups in total. The van der Waals surface area contributed by atoms with Gasteiger partial charge in [0.05, 0.1) is 5.69 Å². The number of hydrogen-bond donors (Lipinski definition) is 5. The van der Waals surface area contributed by atoms with Crippen LogP contribution in [0.2, 0.25) is 0 Å². The number of carboxylic acids is 1. The van der Waals surface area contributed by atoms with Gasteiger partial charge in [0.25, 0.3) is 0 Å². The van der Waals surface area contributed by atoms with Gasteiger partial charge in [-0.15, -0.1) is 0 Å². The van der Waals surface area contributed by atoms with Gasteiger partial charge in [-0.05, 0) is 29.3 Å². The molecule has 172 valence electrons. The Bertz CT molecular complexity index is 1130. The average Bonchev–Trinajstić information content (AvgIpc) is 2.82. The summed E-state index contributed by atoms with van der Waals surface area (Å²) < 4.78 is 0. The maximum absolute atomic E-state index is 13.4. The number of nitrogens with one attached hydrogen (secondary N) is 1. The van der Waals surface area contributed by atoms with Crippen molar-refractivity contribution in [2.24, 2.45) is 28.1 Å². The molecule has 3 rings (SSSR count). The first-order valence-electron chi connectivity index (χ1n) is 10.4. The van der Waals surface area contributed by atoms with Gasteiger partial charge >= 0.3 is 5.97 Å². The minimum atomic E-state index is -1.22. The van der Waals surface area contributed by atoms with E-state index in [0.29, 0.717) is 11.3 Å². The van der Waals surface area contributed by atoms with Gasteiger partial charge in [0.15, 0.2) is 17.8 Å². The lowest BCUT2D eigenvalue weighted by Crippen LogP contribution is -2.42. The number of ketones is 1. The topological polar surface area (TPSA) is 166 Å². The minimum Gasteiger partial charge on any atom is -0.480 e. The summed E-state index contributed by atoms with van der Waals surface area (Å²) in [5.74, 6) is -2.44. The largest absolute Gasteiger partial charge is 0.480 e. The zero-order valence-electron chi connectivity index (χ0n) is 17.9. The quantitative estimate of drug-likeness (QED) is 0.128. The zero-order valence-corrected chi connectivity index (χ0v) is 17.9. The Morgan fingerprint density at radius 1 is 0.970 bits per heavy atom. The second kappa shape index (κ2) is 11.1. The number of carbonyl (C=O) groups is 2. The Kier molecular flexibility index (Phi) is 7.96. The van der Waals surface area contributed by atoms with Gasteiger partial charge in [0, 0.05) is 18.0 Å². The van der Waals surface area contributed by atoms with Gasteiger partial charge in [0.1, 0.15) is 6.04 Å². The van der Waals surface area contributed by atoms with Gasteiger partial charge in [0.2, 0.25) is 0 Å². The number of carboxylic acid groups (broad SMARTS) is 1. The molecule has 0 heterocycles. The molecule has 3 atom stereocenters. The van der Waals surface area contributed by atoms with E-state index in [1.165, 1.54) is 0 Å². The summed E-state index contributed by atoms with van der Waals surface area (Å²) in [5.41, 5.74) is 20.6. The molecule has 0 aliphatic heterocycles. The highest BCUT2D eigenvalue weighted by Gasteiger charge is 2.33. The lowest BCUT2D eigenvalue weighted by molar-refractivity contribution is -0.139. The minimum absolute atomic E-state index is 0.0358. The number of nitrogens with zero attached hydrogens (tertiary/aromatic N) is 1. The third kappa shape index (κ3) is 6.52. The van der Waals surface area contributed by atoms with Crippen molar-refractivity contribution in [2.45, 2.75) is 18.6 Å². The zero-order chi connectivity index (χ0) is 23.8. The Morgan fingerprint density at radius 2 is 1.64 bits per heavy atom. The number of anilines is 1. The molecule has 0 amide bonds. The van der Waals surface area contributed by atoms with E-state index in [-0.39, 0.29) is 24.7 Å². The molecule has 0 aromatic heterocycles. The lowest BCUT2D eigenvalue weighted by atomic mass is 9.89. The molecular weight excluding hydrogens is 422 g/mol. The van der Waals surface area contributed by atoms with Crippen molar-refractivity contribution in [3.8, 4) is 0 Å². The second-order valence-corrected chi connectivity index (χ2v) is 7.64. The van der Waals surface area contributed by atoms with Crippen LogP contribution in [-0.2, 0) is 9.63 Å². The number of benzene rings is 3. The van der Waals surface area contributed by atoms with E-state index < -0.39 is 24.0 Å². The maximum Gasteiger partial charge on any atom is 0.320 e. The number of aliphatic carboxylic acids is 1. The van der Waals surface area contributed by atoms with E-state index in [1.807, 2.05) is 42.5 Å². The van der Waals surface area contributed by atoms with Crippen LogP contribution in [0.15, 0.2) is 77.8 Å². The molecule has 9 heteroatoms. The number of aliphatic imine (C=N–C) groups is 1. The number of rotatable bonds is 11. The van der Waals surface area contributed by atoms with Gasteiger partial charge in [-0.25, -0.2) is 0 Å². The smallest absolute Gasteiger partial charge is 0.320 e. The molecule has 3 aromatic carbocycles. The average molecular weight is 450 g/mol.